The fraction of sp³-hybridized carbons (Fsp3) is 0.200. The number of Topliss-reactive ketones (excluding diaryl/α,β-unsaturated/α-hetero) is 1. The summed E-state index contributed by atoms with van der Waals surface area (Å²) in [5, 5.41) is 11.2. The van der Waals surface area contributed by atoms with E-state index < -0.39 is 0 Å². The van der Waals surface area contributed by atoms with Gasteiger partial charge >= 0.3 is 0 Å². The molecule has 0 spiro atoms. The molecule has 0 amide bonds. The zero-order chi connectivity index (χ0) is 17.8. The van der Waals surface area contributed by atoms with Gasteiger partial charge in [0, 0.05) is 23.9 Å². The molecule has 0 aliphatic heterocycles. The Morgan fingerprint density at radius 3 is 2.46 bits per heavy atom. The van der Waals surface area contributed by atoms with Gasteiger partial charge in [0.1, 0.15) is 5.75 Å². The lowest BCUT2D eigenvalue weighted by atomic mass is 10.1. The maximum absolute atomic E-state index is 12.0. The number of aliphatic imine (C=N–C) groups is 1. The first-order valence-corrected chi connectivity index (χ1v) is 8.74. The summed E-state index contributed by atoms with van der Waals surface area (Å²) in [6.45, 7) is 4.00. The molecule has 0 aliphatic rings. The molecule has 4 heteroatoms. The molecule has 3 nitrogen and oxygen atoms in total. The van der Waals surface area contributed by atoms with E-state index in [2.05, 4.69) is 4.99 Å². The summed E-state index contributed by atoms with van der Waals surface area (Å²) in [5.74, 6) is 0.167. The highest BCUT2D eigenvalue weighted by Crippen LogP contribution is 2.12. The fourth-order valence-corrected chi connectivity index (χ4v) is 2.43. The van der Waals surface area contributed by atoms with Crippen molar-refractivity contribution in [3.05, 3.63) is 70.4 Å². The van der Waals surface area contributed by atoms with Crippen LogP contribution in [-0.4, -0.2) is 23.6 Å². The summed E-state index contributed by atoms with van der Waals surface area (Å²) in [6, 6.07) is 10.3. The van der Waals surface area contributed by atoms with Gasteiger partial charge in [-0.05, 0) is 53.9 Å². The summed E-state index contributed by atoms with van der Waals surface area (Å²) in [7, 11) is 1.72. The Morgan fingerprint density at radius 2 is 1.88 bits per heavy atom. The Labute approximate surface area is 147 Å². The van der Waals surface area contributed by atoms with Gasteiger partial charge in [-0.1, -0.05) is 26.0 Å². The Kier molecular flexibility index (Phi) is 9.09. The zero-order valence-electron chi connectivity index (χ0n) is 14.3. The normalized spacial score (nSPS) is 11.5. The van der Waals surface area contributed by atoms with Crippen molar-refractivity contribution in [2.24, 2.45) is 4.99 Å². The standard InChI is InChI=1S/C18H17NO2S.C2H6/c1-19-15(9-12-17-5-3-13-22-17)4-2-6-18(21)14-7-10-16(20)11-8-14;1-2/h2-5,7-13,20H,6H2,1H3;1-2H3/b4-2-,12-9+,19-15?;. The van der Waals surface area contributed by atoms with E-state index in [4.69, 9.17) is 0 Å². The van der Waals surface area contributed by atoms with Crippen molar-refractivity contribution in [3.8, 4) is 5.75 Å². The molecule has 126 valence electrons. The van der Waals surface area contributed by atoms with Crippen LogP contribution in [0.5, 0.6) is 5.75 Å². The summed E-state index contributed by atoms with van der Waals surface area (Å²) in [5.41, 5.74) is 1.40. The van der Waals surface area contributed by atoms with E-state index in [1.54, 1.807) is 36.6 Å². The average molecular weight is 341 g/mol. The molecule has 0 radical (unpaired) electrons. The van der Waals surface area contributed by atoms with Gasteiger partial charge in [-0.15, -0.1) is 11.3 Å². The van der Waals surface area contributed by atoms with Gasteiger partial charge < -0.3 is 5.11 Å². The second-order valence-corrected chi connectivity index (χ2v) is 5.55. The molecular weight excluding hydrogens is 318 g/mol. The van der Waals surface area contributed by atoms with Crippen LogP contribution in [-0.2, 0) is 0 Å². The van der Waals surface area contributed by atoms with Crippen LogP contribution in [0.4, 0.5) is 0 Å². The number of benzene rings is 1. The third-order valence-corrected chi connectivity index (χ3v) is 3.84. The number of allylic oxidation sites excluding steroid dienone is 3. The van der Waals surface area contributed by atoms with Crippen molar-refractivity contribution < 1.29 is 9.90 Å². The zero-order valence-corrected chi connectivity index (χ0v) is 15.1. The summed E-state index contributed by atoms with van der Waals surface area (Å²) < 4.78 is 0. The topological polar surface area (TPSA) is 49.7 Å². The fourth-order valence-electron chi connectivity index (χ4n) is 1.81. The quantitative estimate of drug-likeness (QED) is 0.565. The van der Waals surface area contributed by atoms with E-state index >= 15 is 0 Å². The molecular formula is C20H23NO2S. The highest BCUT2D eigenvalue weighted by atomic mass is 32.1. The van der Waals surface area contributed by atoms with Crippen LogP contribution < -0.4 is 0 Å². The number of ketones is 1. The minimum Gasteiger partial charge on any atom is -0.508 e. The second-order valence-electron chi connectivity index (χ2n) is 4.57. The van der Waals surface area contributed by atoms with Crippen molar-refractivity contribution in [2.45, 2.75) is 20.3 Å². The Morgan fingerprint density at radius 1 is 1.17 bits per heavy atom. The maximum atomic E-state index is 12.0. The molecule has 0 saturated heterocycles. The van der Waals surface area contributed by atoms with Crippen LogP contribution in [0, 0.1) is 0 Å². The first-order chi connectivity index (χ1) is 11.7. The highest BCUT2D eigenvalue weighted by Gasteiger charge is 2.03. The lowest BCUT2D eigenvalue weighted by molar-refractivity contribution is 0.0996. The number of thiophene rings is 1. The number of phenolic OH excluding ortho intramolecular Hbond substituents is 1. The van der Waals surface area contributed by atoms with Gasteiger partial charge in [0.25, 0.3) is 0 Å². The Bertz CT molecular complexity index is 696. The van der Waals surface area contributed by atoms with Gasteiger partial charge in [-0.2, -0.15) is 0 Å². The third-order valence-electron chi connectivity index (χ3n) is 3.00. The van der Waals surface area contributed by atoms with Crippen LogP contribution in [0.2, 0.25) is 0 Å². The van der Waals surface area contributed by atoms with Crippen molar-refractivity contribution in [3.63, 3.8) is 0 Å². The number of carbonyl (C=O) groups excluding carboxylic acids is 1. The molecule has 0 aliphatic carbocycles. The van der Waals surface area contributed by atoms with Crippen molar-refractivity contribution in [2.75, 3.05) is 7.05 Å². The van der Waals surface area contributed by atoms with Crippen LogP contribution >= 0.6 is 11.3 Å². The molecule has 0 fully saturated rings. The molecule has 1 aromatic carbocycles. The summed E-state index contributed by atoms with van der Waals surface area (Å²) >= 11 is 1.66. The first-order valence-electron chi connectivity index (χ1n) is 7.86. The molecule has 1 aromatic heterocycles. The molecule has 0 bridgehead atoms. The SMILES string of the molecule is CC.CN=C(/C=C\CC(=O)c1ccc(O)cc1)/C=C/c1cccs1. The lowest BCUT2D eigenvalue weighted by Gasteiger charge is -1.98. The van der Waals surface area contributed by atoms with Gasteiger partial charge in [-0.3, -0.25) is 9.79 Å². The van der Waals surface area contributed by atoms with E-state index in [0.717, 1.165) is 10.6 Å². The van der Waals surface area contributed by atoms with Crippen molar-refractivity contribution >= 4 is 28.9 Å². The molecule has 0 atom stereocenters. The average Bonchev–Trinajstić information content (AvgIpc) is 3.13. The number of rotatable bonds is 6. The van der Waals surface area contributed by atoms with Gasteiger partial charge in [-0.25, -0.2) is 0 Å². The van der Waals surface area contributed by atoms with Crippen LogP contribution in [0.3, 0.4) is 0 Å². The minimum absolute atomic E-state index is 0.00828. The third kappa shape index (κ3) is 6.75. The molecule has 1 N–H and O–H groups in total. The molecule has 2 rings (SSSR count). The lowest BCUT2D eigenvalue weighted by Crippen LogP contribution is -1.97. The molecule has 2 aromatic rings. The van der Waals surface area contributed by atoms with Gasteiger partial charge in [0.05, 0.1) is 5.71 Å². The van der Waals surface area contributed by atoms with E-state index in [1.807, 2.05) is 49.6 Å². The number of hydrogen-bond donors (Lipinski definition) is 1. The summed E-state index contributed by atoms with van der Waals surface area (Å²) in [4.78, 5) is 17.3. The number of nitrogens with zero attached hydrogens (tertiary/aromatic N) is 1. The second kappa shape index (κ2) is 11.1. The molecule has 0 unspecified atom stereocenters. The van der Waals surface area contributed by atoms with Crippen molar-refractivity contribution in [1.82, 2.24) is 0 Å². The molecule has 24 heavy (non-hydrogen) atoms. The number of aromatic hydroxyl groups is 1. The number of carbonyl (C=O) groups is 1. The predicted octanol–water partition coefficient (Wildman–Crippen LogP) is 5.39. The largest absolute Gasteiger partial charge is 0.508 e. The minimum atomic E-state index is 0.00828. The Balaban J connectivity index is 0.00000139. The monoisotopic (exact) mass is 341 g/mol. The van der Waals surface area contributed by atoms with Crippen LogP contribution in [0.1, 0.15) is 35.5 Å². The summed E-state index contributed by atoms with van der Waals surface area (Å²) in [6.07, 6.45) is 7.86. The van der Waals surface area contributed by atoms with Crippen LogP contribution in [0.25, 0.3) is 6.08 Å². The maximum Gasteiger partial charge on any atom is 0.166 e. The highest BCUT2D eigenvalue weighted by molar-refractivity contribution is 7.10. The van der Waals surface area contributed by atoms with Gasteiger partial charge in [0.2, 0.25) is 0 Å². The molecule has 1 heterocycles. The predicted molar refractivity (Wildman–Crippen MR) is 104 cm³/mol. The van der Waals surface area contributed by atoms with Crippen molar-refractivity contribution in [1.29, 1.82) is 0 Å². The molecule has 0 saturated carbocycles. The van der Waals surface area contributed by atoms with E-state index in [1.165, 1.54) is 12.1 Å². The van der Waals surface area contributed by atoms with E-state index in [0.29, 0.717) is 12.0 Å². The Hall–Kier alpha value is -2.46. The first kappa shape index (κ1) is 19.6. The van der Waals surface area contributed by atoms with E-state index in [-0.39, 0.29) is 11.5 Å². The smallest absolute Gasteiger partial charge is 0.166 e. The van der Waals surface area contributed by atoms with E-state index in [9.17, 15) is 9.90 Å². The number of phenols is 1. The van der Waals surface area contributed by atoms with Crippen LogP contribution in [0.15, 0.2) is 65.0 Å². The number of hydrogen-bond acceptors (Lipinski definition) is 4. The van der Waals surface area contributed by atoms with Gasteiger partial charge in [0.15, 0.2) is 5.78 Å².